The number of alkyl halides is 2. The van der Waals surface area contributed by atoms with Gasteiger partial charge in [-0.1, -0.05) is 0 Å². The summed E-state index contributed by atoms with van der Waals surface area (Å²) in [5, 5.41) is 0. The number of aryl methyl sites for hydroxylation is 1. The number of primary amides is 1. The molecule has 1 amide bonds. The highest BCUT2D eigenvalue weighted by Gasteiger charge is 2.21. The summed E-state index contributed by atoms with van der Waals surface area (Å²) in [5.74, 6) is -2.09. The minimum Gasteiger partial charge on any atom is -0.366 e. The number of rotatable bonds is 2. The van der Waals surface area contributed by atoms with Gasteiger partial charge in [-0.25, -0.2) is 13.8 Å². The largest absolute Gasteiger partial charge is 0.366 e. The summed E-state index contributed by atoms with van der Waals surface area (Å²) in [6.07, 6.45) is -3.02. The van der Waals surface area contributed by atoms with E-state index in [0.717, 1.165) is 6.07 Å². The van der Waals surface area contributed by atoms with Crippen molar-refractivity contribution >= 4 is 5.91 Å². The van der Waals surface area contributed by atoms with E-state index in [0.29, 0.717) is 0 Å². The second-order valence-corrected chi connectivity index (χ2v) is 2.69. The zero-order valence-corrected chi connectivity index (χ0v) is 7.22. The monoisotopic (exact) mass is 204 g/mol. The maximum atomic E-state index is 12.6. The third kappa shape index (κ3) is 1.84. The minimum atomic E-state index is -3.02. The lowest BCUT2D eigenvalue weighted by molar-refractivity contribution is 0.0981. The molecule has 0 spiro atoms. The lowest BCUT2D eigenvalue weighted by Gasteiger charge is -2.07. The fourth-order valence-corrected chi connectivity index (χ4v) is 1.13. The Morgan fingerprint density at radius 1 is 1.57 bits per heavy atom. The van der Waals surface area contributed by atoms with Crippen LogP contribution < -0.4 is 5.73 Å². The SMILES string of the molecule is Cc1cc(F)nc(C(F)F)c1C(N)=O. The maximum Gasteiger partial charge on any atom is 0.281 e. The van der Waals surface area contributed by atoms with Crippen molar-refractivity contribution in [1.82, 2.24) is 4.98 Å². The van der Waals surface area contributed by atoms with Crippen molar-refractivity contribution in [1.29, 1.82) is 0 Å². The molecule has 14 heavy (non-hydrogen) atoms. The van der Waals surface area contributed by atoms with E-state index >= 15 is 0 Å². The van der Waals surface area contributed by atoms with Crippen LogP contribution in [0.1, 0.15) is 28.0 Å². The third-order valence-electron chi connectivity index (χ3n) is 1.67. The van der Waals surface area contributed by atoms with E-state index in [1.54, 1.807) is 0 Å². The number of amides is 1. The summed E-state index contributed by atoms with van der Waals surface area (Å²) in [6, 6.07) is 0.881. The number of pyridine rings is 1. The van der Waals surface area contributed by atoms with Crippen molar-refractivity contribution in [2.45, 2.75) is 13.3 Å². The lowest BCUT2D eigenvalue weighted by atomic mass is 10.1. The first-order valence-electron chi connectivity index (χ1n) is 3.68. The standard InChI is InChI=1S/C8H7F3N2O/c1-3-2-4(9)13-6(7(10)11)5(3)8(12)14/h2,7H,1H3,(H2,12,14). The van der Waals surface area contributed by atoms with Gasteiger partial charge in [0.2, 0.25) is 5.95 Å². The number of carbonyl (C=O) groups excluding carboxylic acids is 1. The van der Waals surface area contributed by atoms with Crippen LogP contribution in [-0.4, -0.2) is 10.9 Å². The topological polar surface area (TPSA) is 56.0 Å². The van der Waals surface area contributed by atoms with Gasteiger partial charge in [-0.05, 0) is 18.6 Å². The van der Waals surface area contributed by atoms with Crippen LogP contribution in [0, 0.1) is 12.9 Å². The Bertz CT molecular complexity index is 379. The zero-order chi connectivity index (χ0) is 10.9. The first kappa shape index (κ1) is 10.5. The summed E-state index contributed by atoms with van der Waals surface area (Å²) in [4.78, 5) is 13.7. The molecule has 6 heteroatoms. The van der Waals surface area contributed by atoms with Crippen LogP contribution in [0.15, 0.2) is 6.07 Å². The molecule has 0 saturated heterocycles. The molecule has 0 atom stereocenters. The number of halogens is 3. The van der Waals surface area contributed by atoms with Gasteiger partial charge >= 0.3 is 0 Å². The van der Waals surface area contributed by atoms with E-state index in [-0.39, 0.29) is 5.56 Å². The Hall–Kier alpha value is -1.59. The van der Waals surface area contributed by atoms with Crippen molar-refractivity contribution in [3.05, 3.63) is 28.8 Å². The van der Waals surface area contributed by atoms with Gasteiger partial charge in [0.1, 0.15) is 5.69 Å². The van der Waals surface area contributed by atoms with Crippen LogP contribution in [0.25, 0.3) is 0 Å². The molecule has 0 aliphatic carbocycles. The van der Waals surface area contributed by atoms with Gasteiger partial charge in [0.05, 0.1) is 5.56 Å². The van der Waals surface area contributed by atoms with Crippen LogP contribution in [0.3, 0.4) is 0 Å². The predicted molar refractivity (Wildman–Crippen MR) is 42.4 cm³/mol. The lowest BCUT2D eigenvalue weighted by Crippen LogP contribution is -2.17. The summed E-state index contributed by atoms with van der Waals surface area (Å²) in [7, 11) is 0. The Morgan fingerprint density at radius 3 is 2.57 bits per heavy atom. The van der Waals surface area contributed by atoms with E-state index in [4.69, 9.17) is 5.73 Å². The smallest absolute Gasteiger partial charge is 0.281 e. The number of nitrogens with two attached hydrogens (primary N) is 1. The molecule has 2 N–H and O–H groups in total. The molecule has 0 saturated carbocycles. The van der Waals surface area contributed by atoms with Crippen molar-refractivity contribution < 1.29 is 18.0 Å². The third-order valence-corrected chi connectivity index (χ3v) is 1.67. The van der Waals surface area contributed by atoms with Crippen LogP contribution in [0.2, 0.25) is 0 Å². The Morgan fingerprint density at radius 2 is 2.14 bits per heavy atom. The molecule has 1 aromatic rings. The molecule has 3 nitrogen and oxygen atoms in total. The molecule has 0 unspecified atom stereocenters. The van der Waals surface area contributed by atoms with Gasteiger partial charge < -0.3 is 5.73 Å². The predicted octanol–water partition coefficient (Wildman–Crippen LogP) is 1.57. The molecule has 0 aromatic carbocycles. The van der Waals surface area contributed by atoms with Gasteiger partial charge in [-0.2, -0.15) is 4.39 Å². The highest BCUT2D eigenvalue weighted by Crippen LogP contribution is 2.23. The fourth-order valence-electron chi connectivity index (χ4n) is 1.13. The molecule has 1 rings (SSSR count). The minimum absolute atomic E-state index is 0.0558. The molecule has 1 aromatic heterocycles. The highest BCUT2D eigenvalue weighted by atomic mass is 19.3. The molecule has 0 aliphatic rings. The number of hydrogen-bond acceptors (Lipinski definition) is 2. The first-order chi connectivity index (χ1) is 6.43. The Kier molecular flexibility index (Phi) is 2.73. The van der Waals surface area contributed by atoms with E-state index in [1.807, 2.05) is 0 Å². The molecule has 76 valence electrons. The average molecular weight is 204 g/mol. The second kappa shape index (κ2) is 3.65. The van der Waals surface area contributed by atoms with Crippen LogP contribution in [0.4, 0.5) is 13.2 Å². The first-order valence-corrected chi connectivity index (χ1v) is 3.68. The van der Waals surface area contributed by atoms with Crippen LogP contribution in [0.5, 0.6) is 0 Å². The number of nitrogens with zero attached hydrogens (tertiary/aromatic N) is 1. The van der Waals surface area contributed by atoms with Crippen LogP contribution >= 0.6 is 0 Å². The van der Waals surface area contributed by atoms with E-state index in [1.165, 1.54) is 6.92 Å². The molecule has 0 aliphatic heterocycles. The molecule has 1 heterocycles. The van der Waals surface area contributed by atoms with Gasteiger partial charge in [0, 0.05) is 0 Å². The maximum absolute atomic E-state index is 12.6. The van der Waals surface area contributed by atoms with Crippen molar-refractivity contribution in [2.24, 2.45) is 5.73 Å². The molecular weight excluding hydrogens is 197 g/mol. The summed E-state index contributed by atoms with van der Waals surface area (Å²) < 4.78 is 37.3. The van der Waals surface area contributed by atoms with E-state index < -0.39 is 29.5 Å². The average Bonchev–Trinajstić information content (AvgIpc) is 2.01. The van der Waals surface area contributed by atoms with Gasteiger partial charge in [0.25, 0.3) is 12.3 Å². The van der Waals surface area contributed by atoms with E-state index in [2.05, 4.69) is 4.98 Å². The molecule has 0 bridgehead atoms. The summed E-state index contributed by atoms with van der Waals surface area (Å²) >= 11 is 0. The van der Waals surface area contributed by atoms with Crippen LogP contribution in [-0.2, 0) is 0 Å². The van der Waals surface area contributed by atoms with Crippen molar-refractivity contribution in [2.75, 3.05) is 0 Å². The number of aromatic nitrogens is 1. The van der Waals surface area contributed by atoms with E-state index in [9.17, 15) is 18.0 Å². The molecular formula is C8H7F3N2O. The number of carbonyl (C=O) groups is 1. The number of hydrogen-bond donors (Lipinski definition) is 1. The van der Waals surface area contributed by atoms with Gasteiger partial charge in [-0.3, -0.25) is 4.79 Å². The Labute approximate surface area is 77.7 Å². The van der Waals surface area contributed by atoms with Gasteiger partial charge in [-0.15, -0.1) is 0 Å². The normalized spacial score (nSPS) is 10.6. The molecule has 0 radical (unpaired) electrons. The van der Waals surface area contributed by atoms with Crippen molar-refractivity contribution in [3.63, 3.8) is 0 Å². The zero-order valence-electron chi connectivity index (χ0n) is 7.22. The molecule has 0 fully saturated rings. The van der Waals surface area contributed by atoms with Crippen molar-refractivity contribution in [3.8, 4) is 0 Å². The fraction of sp³-hybridized carbons (Fsp3) is 0.250. The quantitative estimate of drug-likeness (QED) is 0.743. The summed E-state index contributed by atoms with van der Waals surface area (Å²) in [5.41, 5.74) is 3.60. The van der Waals surface area contributed by atoms with Gasteiger partial charge in [0.15, 0.2) is 0 Å². The summed E-state index contributed by atoms with van der Waals surface area (Å²) in [6.45, 7) is 1.32. The Balaban J connectivity index is 3.44. The second-order valence-electron chi connectivity index (χ2n) is 2.69. The highest BCUT2D eigenvalue weighted by molar-refractivity contribution is 5.95.